The van der Waals surface area contributed by atoms with Crippen molar-refractivity contribution >= 4 is 23.0 Å². The predicted octanol–water partition coefficient (Wildman–Crippen LogP) is 4.28. The number of anilines is 2. The van der Waals surface area contributed by atoms with Gasteiger partial charge in [0.05, 0.1) is 10.6 Å². The Hall–Kier alpha value is -3.87. The number of non-ortho nitro benzene ring substituents is 1. The molecule has 1 saturated heterocycles. The molecule has 2 heterocycles. The average molecular weight is 400 g/mol. The Balaban J connectivity index is 1.61. The molecule has 0 spiro atoms. The predicted molar refractivity (Wildman–Crippen MR) is 114 cm³/mol. The number of carbonyl (C=O) groups excluding carboxylic acids is 1. The highest BCUT2D eigenvalue weighted by atomic mass is 16.6. The van der Waals surface area contributed by atoms with Gasteiger partial charge in [0.1, 0.15) is 6.04 Å². The Morgan fingerprint density at radius 1 is 0.933 bits per heavy atom. The van der Waals surface area contributed by atoms with E-state index in [0.29, 0.717) is 0 Å². The fourth-order valence-corrected chi connectivity index (χ4v) is 4.37. The average Bonchev–Trinajstić information content (AvgIpc) is 3.06. The van der Waals surface area contributed by atoms with Crippen LogP contribution < -0.4 is 10.3 Å². The van der Waals surface area contributed by atoms with Crippen LogP contribution in [0.2, 0.25) is 0 Å². The second kappa shape index (κ2) is 7.18. The maximum Gasteiger partial charge on any atom is 0.269 e. The molecule has 7 nitrogen and oxygen atoms in total. The summed E-state index contributed by atoms with van der Waals surface area (Å²) in [6.07, 6.45) is 1.16. The highest BCUT2D eigenvalue weighted by molar-refractivity contribution is 5.92. The first-order valence-electron chi connectivity index (χ1n) is 9.89. The molecule has 1 fully saturated rings. The summed E-state index contributed by atoms with van der Waals surface area (Å²) in [6.45, 7) is 0. The van der Waals surface area contributed by atoms with Gasteiger partial charge in [0.2, 0.25) is 0 Å². The van der Waals surface area contributed by atoms with Crippen LogP contribution >= 0.6 is 0 Å². The monoisotopic (exact) mass is 400 g/mol. The van der Waals surface area contributed by atoms with Gasteiger partial charge < -0.3 is 4.90 Å². The van der Waals surface area contributed by atoms with Gasteiger partial charge >= 0.3 is 0 Å². The molecule has 3 aromatic rings. The standard InChI is InChI=1S/C23H20N4O3/c28-23-21-15-12-16-6-4-5-9-20(16)25(21)22(17-10-13-19(14-11-17)27(29)30)26(23)24-18-7-2-1-3-8-18/h1-11,13-14,21-22,24H,12,15H2/t21?,22-/m1/s1. The summed E-state index contributed by atoms with van der Waals surface area (Å²) < 4.78 is 0. The number of aryl methyl sites for hydroxylation is 1. The Morgan fingerprint density at radius 3 is 2.37 bits per heavy atom. The van der Waals surface area contributed by atoms with E-state index in [0.717, 1.165) is 29.8 Å². The van der Waals surface area contributed by atoms with Gasteiger partial charge in [-0.25, -0.2) is 5.01 Å². The molecule has 3 aromatic carbocycles. The third-order valence-electron chi connectivity index (χ3n) is 5.75. The van der Waals surface area contributed by atoms with E-state index < -0.39 is 11.1 Å². The Labute approximate surface area is 173 Å². The van der Waals surface area contributed by atoms with Crippen LogP contribution in [0.5, 0.6) is 0 Å². The van der Waals surface area contributed by atoms with Crippen molar-refractivity contribution in [3.63, 3.8) is 0 Å². The third-order valence-corrected chi connectivity index (χ3v) is 5.75. The maximum absolute atomic E-state index is 13.4. The van der Waals surface area contributed by atoms with E-state index in [4.69, 9.17) is 0 Å². The minimum absolute atomic E-state index is 0.00305. The minimum atomic E-state index is -0.414. The van der Waals surface area contributed by atoms with Crippen LogP contribution in [0.15, 0.2) is 78.9 Å². The van der Waals surface area contributed by atoms with E-state index in [-0.39, 0.29) is 17.6 Å². The van der Waals surface area contributed by atoms with E-state index >= 15 is 0 Å². The molecule has 2 atom stereocenters. The Bertz CT molecular complexity index is 1100. The van der Waals surface area contributed by atoms with Crippen LogP contribution in [0.25, 0.3) is 0 Å². The van der Waals surface area contributed by atoms with Crippen LogP contribution in [0.3, 0.4) is 0 Å². The van der Waals surface area contributed by atoms with E-state index in [1.165, 1.54) is 17.7 Å². The molecule has 2 aliphatic rings. The van der Waals surface area contributed by atoms with Crippen LogP contribution in [0.1, 0.15) is 23.7 Å². The second-order valence-corrected chi connectivity index (χ2v) is 7.50. The largest absolute Gasteiger partial charge is 0.333 e. The number of amides is 1. The molecule has 1 amide bonds. The molecule has 1 N–H and O–H groups in total. The van der Waals surface area contributed by atoms with Gasteiger partial charge in [0.15, 0.2) is 6.17 Å². The van der Waals surface area contributed by atoms with Crippen molar-refractivity contribution in [2.45, 2.75) is 25.0 Å². The van der Waals surface area contributed by atoms with Crippen molar-refractivity contribution in [1.29, 1.82) is 0 Å². The molecular weight excluding hydrogens is 380 g/mol. The number of hydrogen-bond donors (Lipinski definition) is 1. The smallest absolute Gasteiger partial charge is 0.269 e. The van der Waals surface area contributed by atoms with Crippen molar-refractivity contribution in [3.8, 4) is 0 Å². The van der Waals surface area contributed by atoms with Crippen molar-refractivity contribution in [3.05, 3.63) is 100 Å². The first-order chi connectivity index (χ1) is 14.6. The van der Waals surface area contributed by atoms with Crippen molar-refractivity contribution in [1.82, 2.24) is 5.01 Å². The lowest BCUT2D eigenvalue weighted by Gasteiger charge is -2.37. The summed E-state index contributed by atoms with van der Waals surface area (Å²) in [7, 11) is 0. The molecule has 0 aliphatic carbocycles. The summed E-state index contributed by atoms with van der Waals surface area (Å²) >= 11 is 0. The number of hydrogen-bond acceptors (Lipinski definition) is 5. The second-order valence-electron chi connectivity index (χ2n) is 7.50. The fourth-order valence-electron chi connectivity index (χ4n) is 4.37. The number of nitrogens with one attached hydrogen (secondary N) is 1. The van der Waals surface area contributed by atoms with E-state index in [9.17, 15) is 14.9 Å². The lowest BCUT2D eigenvalue weighted by Crippen LogP contribution is -2.38. The number of nitro groups is 1. The number of carbonyl (C=O) groups is 1. The topological polar surface area (TPSA) is 78.7 Å². The van der Waals surface area contributed by atoms with Crippen LogP contribution in [0.4, 0.5) is 17.1 Å². The Morgan fingerprint density at radius 2 is 1.63 bits per heavy atom. The molecular formula is C23H20N4O3. The molecule has 0 saturated carbocycles. The fraction of sp³-hybridized carbons (Fsp3) is 0.174. The summed E-state index contributed by atoms with van der Waals surface area (Å²) in [6, 6.07) is 23.8. The maximum atomic E-state index is 13.4. The van der Waals surface area contributed by atoms with Gasteiger partial charge in [-0.05, 0) is 54.3 Å². The highest BCUT2D eigenvalue weighted by Crippen LogP contribution is 2.44. The molecule has 0 radical (unpaired) electrons. The van der Waals surface area contributed by atoms with Gasteiger partial charge in [-0.3, -0.25) is 20.3 Å². The van der Waals surface area contributed by atoms with Gasteiger partial charge in [-0.2, -0.15) is 0 Å². The minimum Gasteiger partial charge on any atom is -0.333 e. The number of rotatable bonds is 4. The third kappa shape index (κ3) is 2.95. The van der Waals surface area contributed by atoms with Crippen LogP contribution in [0, 0.1) is 10.1 Å². The number of hydrazine groups is 1. The summed E-state index contributed by atoms with van der Waals surface area (Å²) in [5, 5.41) is 12.8. The number of fused-ring (bicyclic) bond motifs is 3. The lowest BCUT2D eigenvalue weighted by atomic mass is 9.96. The van der Waals surface area contributed by atoms with Crippen LogP contribution in [-0.4, -0.2) is 21.9 Å². The van der Waals surface area contributed by atoms with Gasteiger partial charge in [-0.15, -0.1) is 0 Å². The van der Waals surface area contributed by atoms with Crippen LogP contribution in [-0.2, 0) is 11.2 Å². The Kier molecular flexibility index (Phi) is 4.35. The zero-order chi connectivity index (χ0) is 20.7. The van der Waals surface area contributed by atoms with Crippen molar-refractivity contribution < 1.29 is 9.72 Å². The molecule has 0 aromatic heterocycles. The highest BCUT2D eigenvalue weighted by Gasteiger charge is 2.49. The normalized spacial score (nSPS) is 19.9. The first-order valence-corrected chi connectivity index (χ1v) is 9.89. The van der Waals surface area contributed by atoms with Gasteiger partial charge in [-0.1, -0.05) is 36.4 Å². The first kappa shape index (κ1) is 18.2. The SMILES string of the molecule is O=C1C2CCc3ccccc3N2[C@@H](c2ccc([N+](=O)[O-])cc2)N1Nc1ccccc1. The molecule has 5 rings (SSSR count). The molecule has 0 bridgehead atoms. The van der Waals surface area contributed by atoms with E-state index in [2.05, 4.69) is 16.4 Å². The zero-order valence-corrected chi connectivity index (χ0v) is 16.1. The molecule has 30 heavy (non-hydrogen) atoms. The van der Waals surface area contributed by atoms with Crippen molar-refractivity contribution in [2.75, 3.05) is 10.3 Å². The van der Waals surface area contributed by atoms with E-state index in [1.807, 2.05) is 48.5 Å². The summed E-state index contributed by atoms with van der Waals surface area (Å²) in [4.78, 5) is 26.3. The van der Waals surface area contributed by atoms with Gasteiger partial charge in [0.25, 0.3) is 11.6 Å². The number of benzene rings is 3. The molecule has 1 unspecified atom stereocenters. The number of nitrogens with zero attached hydrogens (tertiary/aromatic N) is 3. The summed E-state index contributed by atoms with van der Waals surface area (Å²) in [5.74, 6) is -0.00305. The quantitative estimate of drug-likeness (QED) is 0.522. The van der Waals surface area contributed by atoms with Gasteiger partial charge in [0, 0.05) is 17.8 Å². The van der Waals surface area contributed by atoms with Crippen molar-refractivity contribution in [2.24, 2.45) is 0 Å². The summed E-state index contributed by atoms with van der Waals surface area (Å²) in [5.41, 5.74) is 7.16. The zero-order valence-electron chi connectivity index (χ0n) is 16.1. The number of para-hydroxylation sites is 2. The lowest BCUT2D eigenvalue weighted by molar-refractivity contribution is -0.384. The molecule has 150 valence electrons. The molecule has 7 heteroatoms. The number of nitro benzene ring substituents is 1. The van der Waals surface area contributed by atoms with E-state index in [1.54, 1.807) is 17.1 Å². The molecule has 2 aliphatic heterocycles.